The van der Waals surface area contributed by atoms with Gasteiger partial charge in [-0.15, -0.1) is 11.3 Å². The number of thiophene rings is 1. The van der Waals surface area contributed by atoms with Crippen LogP contribution in [0.4, 0.5) is 0 Å². The maximum Gasteiger partial charge on any atom is 0.254 e. The summed E-state index contributed by atoms with van der Waals surface area (Å²) in [7, 11) is 0. The number of ether oxygens (including phenoxy) is 2. The van der Waals surface area contributed by atoms with E-state index in [9.17, 15) is 9.59 Å². The van der Waals surface area contributed by atoms with Crippen LogP contribution in [0.25, 0.3) is 0 Å². The first kappa shape index (κ1) is 18.8. The third-order valence-corrected chi connectivity index (χ3v) is 7.22. The number of likely N-dealkylation sites (tertiary alicyclic amines) is 1. The number of fused-ring (bicyclic) bond motifs is 2. The molecule has 2 saturated heterocycles. The van der Waals surface area contributed by atoms with Gasteiger partial charge in [-0.1, -0.05) is 30.3 Å². The molecule has 6 nitrogen and oxygen atoms in total. The SMILES string of the molecule is O=C1CO[C@H](C(=O)N2CCC3(CC2)OCCc2sccc23)[C@@H](c2ccccc2)N1. The van der Waals surface area contributed by atoms with E-state index in [0.717, 1.165) is 31.4 Å². The molecule has 2 atom stereocenters. The van der Waals surface area contributed by atoms with Crippen molar-refractivity contribution >= 4 is 23.2 Å². The molecule has 152 valence electrons. The molecule has 3 aliphatic heterocycles. The van der Waals surface area contributed by atoms with Crippen molar-refractivity contribution in [1.82, 2.24) is 10.2 Å². The van der Waals surface area contributed by atoms with E-state index in [1.165, 1.54) is 10.4 Å². The maximum absolute atomic E-state index is 13.3. The molecule has 1 spiro atoms. The highest BCUT2D eigenvalue weighted by Gasteiger charge is 2.45. The van der Waals surface area contributed by atoms with Gasteiger partial charge in [-0.3, -0.25) is 9.59 Å². The topological polar surface area (TPSA) is 67.9 Å². The first-order chi connectivity index (χ1) is 14.2. The number of rotatable bonds is 2. The summed E-state index contributed by atoms with van der Waals surface area (Å²) < 4.78 is 12.0. The molecule has 3 aliphatic rings. The van der Waals surface area contributed by atoms with E-state index >= 15 is 0 Å². The molecule has 5 rings (SSSR count). The van der Waals surface area contributed by atoms with Crippen molar-refractivity contribution in [1.29, 1.82) is 0 Å². The molecule has 0 radical (unpaired) electrons. The van der Waals surface area contributed by atoms with Crippen LogP contribution in [0, 0.1) is 0 Å². The van der Waals surface area contributed by atoms with Gasteiger partial charge in [0.2, 0.25) is 5.91 Å². The van der Waals surface area contributed by atoms with Gasteiger partial charge in [0.05, 0.1) is 18.2 Å². The summed E-state index contributed by atoms with van der Waals surface area (Å²) in [4.78, 5) is 28.5. The minimum absolute atomic E-state index is 0.0601. The molecule has 0 unspecified atom stereocenters. The van der Waals surface area contributed by atoms with E-state index in [4.69, 9.17) is 9.47 Å². The number of hydrogen-bond donors (Lipinski definition) is 1. The van der Waals surface area contributed by atoms with Crippen LogP contribution in [-0.4, -0.2) is 49.1 Å². The molecule has 2 aromatic rings. The molecule has 1 aromatic heterocycles. The predicted molar refractivity (Wildman–Crippen MR) is 109 cm³/mol. The zero-order chi connectivity index (χ0) is 19.8. The number of carbonyl (C=O) groups is 2. The smallest absolute Gasteiger partial charge is 0.254 e. The van der Waals surface area contributed by atoms with Crippen molar-refractivity contribution in [2.75, 3.05) is 26.3 Å². The van der Waals surface area contributed by atoms with Crippen LogP contribution in [-0.2, 0) is 31.1 Å². The van der Waals surface area contributed by atoms with Gasteiger partial charge in [0.15, 0.2) is 6.10 Å². The number of benzene rings is 1. The highest BCUT2D eigenvalue weighted by atomic mass is 32.1. The fraction of sp³-hybridized carbons (Fsp3) is 0.455. The van der Waals surface area contributed by atoms with Crippen LogP contribution < -0.4 is 5.32 Å². The highest BCUT2D eigenvalue weighted by Crippen LogP contribution is 2.43. The Bertz CT molecular complexity index is 905. The van der Waals surface area contributed by atoms with Crippen LogP contribution in [0.15, 0.2) is 41.8 Å². The van der Waals surface area contributed by atoms with E-state index in [-0.39, 0.29) is 24.0 Å². The van der Waals surface area contributed by atoms with Gasteiger partial charge in [0.1, 0.15) is 6.61 Å². The van der Waals surface area contributed by atoms with Gasteiger partial charge < -0.3 is 19.7 Å². The molecule has 2 fully saturated rings. The van der Waals surface area contributed by atoms with Crippen molar-refractivity contribution in [2.45, 2.75) is 37.0 Å². The number of piperidine rings is 1. The monoisotopic (exact) mass is 412 g/mol. The Morgan fingerprint density at radius 3 is 2.76 bits per heavy atom. The van der Waals surface area contributed by atoms with E-state index in [0.29, 0.717) is 13.1 Å². The van der Waals surface area contributed by atoms with Crippen LogP contribution in [0.2, 0.25) is 0 Å². The van der Waals surface area contributed by atoms with Crippen LogP contribution in [0.3, 0.4) is 0 Å². The first-order valence-corrected chi connectivity index (χ1v) is 11.0. The van der Waals surface area contributed by atoms with Gasteiger partial charge >= 0.3 is 0 Å². The minimum Gasteiger partial charge on any atom is -0.370 e. The summed E-state index contributed by atoms with van der Waals surface area (Å²) in [5, 5.41) is 5.07. The Kier molecular flexibility index (Phi) is 4.89. The molecule has 1 N–H and O–H groups in total. The lowest BCUT2D eigenvalue weighted by molar-refractivity contribution is -0.160. The number of carbonyl (C=O) groups excluding carboxylic acids is 2. The summed E-state index contributed by atoms with van der Waals surface area (Å²) in [5.41, 5.74) is 1.93. The zero-order valence-electron chi connectivity index (χ0n) is 16.1. The van der Waals surface area contributed by atoms with Gasteiger partial charge in [0, 0.05) is 24.4 Å². The molecular formula is C22H24N2O4S. The second kappa shape index (κ2) is 7.55. The van der Waals surface area contributed by atoms with Crippen molar-refractivity contribution in [2.24, 2.45) is 0 Å². The van der Waals surface area contributed by atoms with Crippen LogP contribution in [0.5, 0.6) is 0 Å². The normalized spacial score (nSPS) is 26.1. The number of nitrogens with zero attached hydrogens (tertiary/aromatic N) is 1. The standard InChI is InChI=1S/C22H24N2O4S/c25-18-14-27-20(19(23-18)15-4-2-1-3-5-15)21(26)24-10-8-22(9-11-24)16-7-13-29-17(16)6-12-28-22/h1-5,7,13,19-20H,6,8-12,14H2,(H,23,25)/t19-,20+/m1/s1. The van der Waals surface area contributed by atoms with E-state index in [1.54, 1.807) is 11.3 Å². The molecule has 1 aromatic carbocycles. The van der Waals surface area contributed by atoms with Gasteiger partial charge in [-0.2, -0.15) is 0 Å². The number of hydrogen-bond acceptors (Lipinski definition) is 5. The van der Waals surface area contributed by atoms with Crippen molar-refractivity contribution < 1.29 is 19.1 Å². The number of amides is 2. The largest absolute Gasteiger partial charge is 0.370 e. The van der Waals surface area contributed by atoms with Gasteiger partial charge in [-0.25, -0.2) is 0 Å². The van der Waals surface area contributed by atoms with Gasteiger partial charge in [0.25, 0.3) is 5.91 Å². The first-order valence-electron chi connectivity index (χ1n) is 10.1. The van der Waals surface area contributed by atoms with E-state index in [2.05, 4.69) is 16.8 Å². The second-order valence-electron chi connectivity index (χ2n) is 7.86. The molecule has 4 heterocycles. The van der Waals surface area contributed by atoms with Crippen molar-refractivity contribution in [3.8, 4) is 0 Å². The second-order valence-corrected chi connectivity index (χ2v) is 8.86. The molecule has 7 heteroatoms. The minimum atomic E-state index is -0.701. The van der Waals surface area contributed by atoms with Crippen molar-refractivity contribution in [3.63, 3.8) is 0 Å². The zero-order valence-corrected chi connectivity index (χ0v) is 17.0. The lowest BCUT2D eigenvalue weighted by Gasteiger charge is -2.45. The molecule has 0 saturated carbocycles. The average Bonchev–Trinajstić information content (AvgIpc) is 3.25. The Labute approximate surface area is 173 Å². The Hall–Kier alpha value is -2.22. The molecule has 0 aliphatic carbocycles. The third kappa shape index (κ3) is 3.37. The fourth-order valence-corrected chi connectivity index (χ4v) is 5.67. The number of morpholine rings is 1. The molecule has 2 amide bonds. The average molecular weight is 413 g/mol. The summed E-state index contributed by atoms with van der Waals surface area (Å²) in [6.07, 6.45) is 1.86. The molecular weight excluding hydrogens is 388 g/mol. The molecule has 0 bridgehead atoms. The summed E-state index contributed by atoms with van der Waals surface area (Å²) in [5.74, 6) is -0.254. The third-order valence-electron chi connectivity index (χ3n) is 6.24. The summed E-state index contributed by atoms with van der Waals surface area (Å²) >= 11 is 1.80. The Morgan fingerprint density at radius 1 is 1.17 bits per heavy atom. The maximum atomic E-state index is 13.3. The Morgan fingerprint density at radius 2 is 1.97 bits per heavy atom. The van der Waals surface area contributed by atoms with Crippen LogP contribution >= 0.6 is 11.3 Å². The lowest BCUT2D eigenvalue weighted by Crippen LogP contribution is -2.56. The lowest BCUT2D eigenvalue weighted by atomic mass is 9.82. The summed E-state index contributed by atoms with van der Waals surface area (Å²) in [6.45, 7) is 1.92. The van der Waals surface area contributed by atoms with Crippen LogP contribution in [0.1, 0.15) is 34.9 Å². The Balaban J connectivity index is 1.32. The highest BCUT2D eigenvalue weighted by molar-refractivity contribution is 7.10. The van der Waals surface area contributed by atoms with E-state index < -0.39 is 12.1 Å². The fourth-order valence-electron chi connectivity index (χ4n) is 4.72. The quantitative estimate of drug-likeness (QED) is 0.823. The summed E-state index contributed by atoms with van der Waals surface area (Å²) in [6, 6.07) is 11.3. The van der Waals surface area contributed by atoms with Crippen molar-refractivity contribution in [3.05, 3.63) is 57.8 Å². The number of nitrogens with one attached hydrogen (secondary N) is 1. The van der Waals surface area contributed by atoms with E-state index in [1.807, 2.05) is 35.2 Å². The predicted octanol–water partition coefficient (Wildman–Crippen LogP) is 2.39. The molecule has 29 heavy (non-hydrogen) atoms. The van der Waals surface area contributed by atoms with Gasteiger partial charge in [-0.05, 0) is 35.4 Å².